The molecule has 3 aromatic rings. The molecule has 4 N–H and O–H groups in total. The number of anilines is 1. The number of H-pyrrole nitrogens is 1. The number of carbonyl (C=O) groups is 1. The Morgan fingerprint density at radius 2 is 2.23 bits per heavy atom. The number of nitrogens with two attached hydrogens (primary N) is 1. The lowest BCUT2D eigenvalue weighted by atomic mass is 10.1. The molecule has 0 bridgehead atoms. The molecule has 0 saturated carbocycles. The first-order chi connectivity index (χ1) is 10.6. The van der Waals surface area contributed by atoms with E-state index in [-0.39, 0.29) is 5.91 Å². The van der Waals surface area contributed by atoms with Gasteiger partial charge in [-0.05, 0) is 44.2 Å². The second-order valence-corrected chi connectivity index (χ2v) is 6.20. The van der Waals surface area contributed by atoms with E-state index in [1.165, 1.54) is 16.9 Å². The number of benzene rings is 1. The lowest BCUT2D eigenvalue weighted by molar-refractivity contribution is 0.102. The minimum Gasteiger partial charge on any atom is -0.358 e. The molecular formula is C16H18N4OS. The SMILES string of the molecule is Cc1[nH]c2ccc(NC(=O)c3csc(CCN)n3)cc2c1C. The largest absolute Gasteiger partial charge is 0.358 e. The molecule has 22 heavy (non-hydrogen) atoms. The molecule has 2 heterocycles. The highest BCUT2D eigenvalue weighted by Crippen LogP contribution is 2.24. The highest BCUT2D eigenvalue weighted by molar-refractivity contribution is 7.09. The fourth-order valence-electron chi connectivity index (χ4n) is 2.39. The van der Waals surface area contributed by atoms with Crippen molar-refractivity contribution in [2.45, 2.75) is 20.3 Å². The number of hydrogen-bond donors (Lipinski definition) is 3. The standard InChI is InChI=1S/C16H18N4OS/c1-9-10(2)18-13-4-3-11(7-12(9)13)19-16(21)14-8-22-15(20-14)5-6-17/h3-4,7-8,18H,5-6,17H2,1-2H3,(H,19,21). The van der Waals surface area contributed by atoms with Gasteiger partial charge >= 0.3 is 0 Å². The molecule has 0 aliphatic heterocycles. The fourth-order valence-corrected chi connectivity index (χ4v) is 3.18. The van der Waals surface area contributed by atoms with Gasteiger partial charge in [0.15, 0.2) is 0 Å². The zero-order valence-corrected chi connectivity index (χ0v) is 13.4. The molecule has 0 aliphatic rings. The fraction of sp³-hybridized carbons (Fsp3) is 0.250. The average molecular weight is 314 g/mol. The van der Waals surface area contributed by atoms with E-state index >= 15 is 0 Å². The molecule has 0 saturated heterocycles. The van der Waals surface area contributed by atoms with Crippen molar-refractivity contribution < 1.29 is 4.79 Å². The average Bonchev–Trinajstić information content (AvgIpc) is 3.06. The van der Waals surface area contributed by atoms with Crippen molar-refractivity contribution in [1.82, 2.24) is 9.97 Å². The second-order valence-electron chi connectivity index (χ2n) is 5.25. The summed E-state index contributed by atoms with van der Waals surface area (Å²) in [6.45, 7) is 4.65. The molecule has 1 amide bonds. The minimum absolute atomic E-state index is 0.191. The van der Waals surface area contributed by atoms with Crippen LogP contribution in [0.2, 0.25) is 0 Å². The van der Waals surface area contributed by atoms with Crippen molar-refractivity contribution in [3.05, 3.63) is 45.5 Å². The highest BCUT2D eigenvalue weighted by Gasteiger charge is 2.12. The summed E-state index contributed by atoms with van der Waals surface area (Å²) in [5, 5.41) is 6.68. The Balaban J connectivity index is 1.82. The van der Waals surface area contributed by atoms with Gasteiger partial charge in [-0.3, -0.25) is 4.79 Å². The number of aryl methyl sites for hydroxylation is 2. The Hall–Kier alpha value is -2.18. The van der Waals surface area contributed by atoms with Crippen LogP contribution in [0.1, 0.15) is 26.8 Å². The Kier molecular flexibility index (Phi) is 3.96. The summed E-state index contributed by atoms with van der Waals surface area (Å²) in [6.07, 6.45) is 0.700. The van der Waals surface area contributed by atoms with E-state index in [9.17, 15) is 4.79 Å². The van der Waals surface area contributed by atoms with Crippen LogP contribution in [0.25, 0.3) is 10.9 Å². The van der Waals surface area contributed by atoms with Crippen LogP contribution in [0.15, 0.2) is 23.6 Å². The van der Waals surface area contributed by atoms with Crippen LogP contribution in [0, 0.1) is 13.8 Å². The topological polar surface area (TPSA) is 83.8 Å². The summed E-state index contributed by atoms with van der Waals surface area (Å²) in [5.41, 5.74) is 10.1. The number of hydrogen-bond acceptors (Lipinski definition) is 4. The van der Waals surface area contributed by atoms with Crippen molar-refractivity contribution in [2.75, 3.05) is 11.9 Å². The Morgan fingerprint density at radius 3 is 3.00 bits per heavy atom. The summed E-state index contributed by atoms with van der Waals surface area (Å²) < 4.78 is 0. The molecule has 114 valence electrons. The number of carbonyl (C=O) groups excluding carboxylic acids is 1. The molecule has 5 nitrogen and oxygen atoms in total. The monoisotopic (exact) mass is 314 g/mol. The molecule has 0 spiro atoms. The van der Waals surface area contributed by atoms with Gasteiger partial charge in [-0.25, -0.2) is 4.98 Å². The third-order valence-electron chi connectivity index (χ3n) is 3.71. The maximum absolute atomic E-state index is 12.3. The highest BCUT2D eigenvalue weighted by atomic mass is 32.1. The van der Waals surface area contributed by atoms with Gasteiger partial charge in [0.05, 0.1) is 5.01 Å². The predicted molar refractivity (Wildman–Crippen MR) is 90.6 cm³/mol. The van der Waals surface area contributed by atoms with Crippen LogP contribution in [-0.2, 0) is 6.42 Å². The zero-order chi connectivity index (χ0) is 15.7. The summed E-state index contributed by atoms with van der Waals surface area (Å²) in [4.78, 5) is 19.9. The molecule has 0 unspecified atom stereocenters. The van der Waals surface area contributed by atoms with Crippen molar-refractivity contribution in [2.24, 2.45) is 5.73 Å². The van der Waals surface area contributed by atoms with Gasteiger partial charge in [0.25, 0.3) is 5.91 Å². The predicted octanol–water partition coefficient (Wildman–Crippen LogP) is 2.99. The first kappa shape index (κ1) is 14.7. The molecule has 0 radical (unpaired) electrons. The van der Waals surface area contributed by atoms with Crippen LogP contribution >= 0.6 is 11.3 Å². The van der Waals surface area contributed by atoms with Gasteiger partial charge in [-0.2, -0.15) is 0 Å². The van der Waals surface area contributed by atoms with Crippen LogP contribution < -0.4 is 11.1 Å². The molecule has 0 fully saturated rings. The number of amides is 1. The zero-order valence-electron chi connectivity index (χ0n) is 12.6. The smallest absolute Gasteiger partial charge is 0.275 e. The molecule has 0 atom stereocenters. The van der Waals surface area contributed by atoms with Gasteiger partial charge in [-0.15, -0.1) is 11.3 Å². The molecule has 1 aromatic carbocycles. The Bertz CT molecular complexity index is 834. The van der Waals surface area contributed by atoms with E-state index in [1.807, 2.05) is 25.1 Å². The van der Waals surface area contributed by atoms with Crippen LogP contribution in [0.3, 0.4) is 0 Å². The summed E-state index contributed by atoms with van der Waals surface area (Å²) in [7, 11) is 0. The number of thiazole rings is 1. The van der Waals surface area contributed by atoms with Gasteiger partial charge in [-0.1, -0.05) is 0 Å². The normalized spacial score (nSPS) is 11.0. The second kappa shape index (κ2) is 5.90. The summed E-state index contributed by atoms with van der Waals surface area (Å²) >= 11 is 1.46. The van der Waals surface area contributed by atoms with Gasteiger partial charge in [0.1, 0.15) is 5.69 Å². The number of nitrogens with one attached hydrogen (secondary N) is 2. The number of rotatable bonds is 4. The lowest BCUT2D eigenvalue weighted by Crippen LogP contribution is -2.12. The molecule has 0 aliphatic carbocycles. The quantitative estimate of drug-likeness (QED) is 0.692. The summed E-state index contributed by atoms with van der Waals surface area (Å²) in [6, 6.07) is 5.86. The van der Waals surface area contributed by atoms with Crippen molar-refractivity contribution in [1.29, 1.82) is 0 Å². The van der Waals surface area contributed by atoms with E-state index in [0.717, 1.165) is 27.3 Å². The van der Waals surface area contributed by atoms with E-state index in [4.69, 9.17) is 5.73 Å². The van der Waals surface area contributed by atoms with Crippen LogP contribution in [-0.4, -0.2) is 22.4 Å². The van der Waals surface area contributed by atoms with Crippen LogP contribution in [0.4, 0.5) is 5.69 Å². The van der Waals surface area contributed by atoms with Gasteiger partial charge < -0.3 is 16.0 Å². The van der Waals surface area contributed by atoms with E-state index in [0.29, 0.717) is 18.7 Å². The van der Waals surface area contributed by atoms with Gasteiger partial charge in [0.2, 0.25) is 0 Å². The van der Waals surface area contributed by atoms with E-state index in [2.05, 4.69) is 22.2 Å². The van der Waals surface area contributed by atoms with Crippen molar-refractivity contribution in [3.63, 3.8) is 0 Å². The third-order valence-corrected chi connectivity index (χ3v) is 4.62. The van der Waals surface area contributed by atoms with E-state index in [1.54, 1.807) is 5.38 Å². The minimum atomic E-state index is -0.191. The molecular weight excluding hydrogens is 296 g/mol. The maximum Gasteiger partial charge on any atom is 0.275 e. The molecule has 2 aromatic heterocycles. The number of aromatic amines is 1. The van der Waals surface area contributed by atoms with Crippen molar-refractivity contribution in [3.8, 4) is 0 Å². The lowest BCUT2D eigenvalue weighted by Gasteiger charge is -2.04. The molecule has 6 heteroatoms. The third kappa shape index (κ3) is 2.75. The Morgan fingerprint density at radius 1 is 1.41 bits per heavy atom. The van der Waals surface area contributed by atoms with Crippen LogP contribution in [0.5, 0.6) is 0 Å². The van der Waals surface area contributed by atoms with Gasteiger partial charge in [0, 0.05) is 34.1 Å². The summed E-state index contributed by atoms with van der Waals surface area (Å²) in [5.74, 6) is -0.191. The number of fused-ring (bicyclic) bond motifs is 1. The Labute approximate surface area is 132 Å². The first-order valence-electron chi connectivity index (χ1n) is 7.13. The van der Waals surface area contributed by atoms with E-state index < -0.39 is 0 Å². The maximum atomic E-state index is 12.3. The first-order valence-corrected chi connectivity index (χ1v) is 8.01. The molecule has 3 rings (SSSR count). The van der Waals surface area contributed by atoms with Crippen molar-refractivity contribution >= 4 is 33.8 Å². The number of nitrogens with zero attached hydrogens (tertiary/aromatic N) is 1. The number of aromatic nitrogens is 2.